The van der Waals surface area contributed by atoms with Crippen molar-refractivity contribution < 1.29 is 0 Å². The largest absolute Gasteiger partial charge is 0.351 e. The molecule has 0 radical (unpaired) electrons. The molecule has 2 heterocycles. The SMILES string of the molecule is Cc1nc(N2CCN(C)CC2C)ccc1CNC1CC1. The number of hydrogen-bond acceptors (Lipinski definition) is 4. The van der Waals surface area contributed by atoms with E-state index in [9.17, 15) is 0 Å². The fourth-order valence-corrected chi connectivity index (χ4v) is 2.95. The van der Waals surface area contributed by atoms with E-state index in [1.54, 1.807) is 0 Å². The predicted octanol–water partition coefficient (Wildman–Crippen LogP) is 1.78. The van der Waals surface area contributed by atoms with Gasteiger partial charge in [-0.25, -0.2) is 4.98 Å². The van der Waals surface area contributed by atoms with Crippen LogP contribution in [-0.2, 0) is 6.54 Å². The Bertz CT molecular complexity index is 470. The third kappa shape index (κ3) is 3.13. The standard InChI is InChI=1S/C16H26N4/c1-12-11-19(3)8-9-20(12)16-7-4-14(13(2)18-16)10-17-15-5-6-15/h4,7,12,15,17H,5-6,8-11H2,1-3H3. The number of aryl methyl sites for hydroxylation is 1. The van der Waals surface area contributed by atoms with Crippen LogP contribution in [0.2, 0.25) is 0 Å². The molecule has 2 aliphatic rings. The number of piperazine rings is 1. The molecule has 0 spiro atoms. The van der Waals surface area contributed by atoms with Gasteiger partial charge >= 0.3 is 0 Å². The zero-order valence-corrected chi connectivity index (χ0v) is 12.9. The Morgan fingerprint density at radius 3 is 2.75 bits per heavy atom. The van der Waals surface area contributed by atoms with E-state index in [1.165, 1.54) is 24.1 Å². The first-order chi connectivity index (χ1) is 9.63. The molecule has 1 aromatic heterocycles. The van der Waals surface area contributed by atoms with Crippen LogP contribution in [0.25, 0.3) is 0 Å². The predicted molar refractivity (Wildman–Crippen MR) is 83.1 cm³/mol. The van der Waals surface area contributed by atoms with Gasteiger partial charge in [0.25, 0.3) is 0 Å². The summed E-state index contributed by atoms with van der Waals surface area (Å²) in [6, 6.07) is 5.74. The molecule has 0 aromatic carbocycles. The lowest BCUT2D eigenvalue weighted by Crippen LogP contribution is -2.50. The fourth-order valence-electron chi connectivity index (χ4n) is 2.95. The third-order valence-electron chi connectivity index (χ3n) is 4.46. The van der Waals surface area contributed by atoms with Crippen molar-refractivity contribution in [3.8, 4) is 0 Å². The number of nitrogens with one attached hydrogen (secondary N) is 1. The molecular formula is C16H26N4. The minimum atomic E-state index is 0.538. The number of pyridine rings is 1. The maximum absolute atomic E-state index is 4.84. The van der Waals surface area contributed by atoms with E-state index in [-0.39, 0.29) is 0 Å². The maximum Gasteiger partial charge on any atom is 0.129 e. The highest BCUT2D eigenvalue weighted by Gasteiger charge is 2.23. The number of aromatic nitrogens is 1. The molecule has 1 saturated heterocycles. The van der Waals surface area contributed by atoms with Gasteiger partial charge in [-0.2, -0.15) is 0 Å². The number of rotatable bonds is 4. The summed E-state index contributed by atoms with van der Waals surface area (Å²) in [5.41, 5.74) is 2.50. The van der Waals surface area contributed by atoms with Gasteiger partial charge in [0.15, 0.2) is 0 Å². The number of hydrogen-bond donors (Lipinski definition) is 1. The van der Waals surface area contributed by atoms with Gasteiger partial charge in [-0.05, 0) is 45.4 Å². The summed E-state index contributed by atoms with van der Waals surface area (Å²) >= 11 is 0. The van der Waals surface area contributed by atoms with Gasteiger partial charge in [0.1, 0.15) is 5.82 Å². The lowest BCUT2D eigenvalue weighted by molar-refractivity contribution is 0.274. The first-order valence-electron chi connectivity index (χ1n) is 7.78. The molecule has 110 valence electrons. The van der Waals surface area contributed by atoms with Crippen LogP contribution >= 0.6 is 0 Å². The summed E-state index contributed by atoms with van der Waals surface area (Å²) < 4.78 is 0. The van der Waals surface area contributed by atoms with Gasteiger partial charge in [0, 0.05) is 44.0 Å². The lowest BCUT2D eigenvalue weighted by atomic mass is 10.1. The summed E-state index contributed by atoms with van der Waals surface area (Å²) in [5, 5.41) is 3.57. The molecule has 4 nitrogen and oxygen atoms in total. The Kier molecular flexibility index (Phi) is 3.94. The normalized spacial score (nSPS) is 24.1. The highest BCUT2D eigenvalue weighted by molar-refractivity contribution is 5.43. The van der Waals surface area contributed by atoms with Crippen LogP contribution in [0.1, 0.15) is 31.0 Å². The zero-order chi connectivity index (χ0) is 14.1. The van der Waals surface area contributed by atoms with Crippen molar-refractivity contribution in [1.29, 1.82) is 0 Å². The first-order valence-corrected chi connectivity index (χ1v) is 7.78. The second kappa shape index (κ2) is 5.70. The minimum absolute atomic E-state index is 0.538. The summed E-state index contributed by atoms with van der Waals surface area (Å²) in [4.78, 5) is 9.66. The second-order valence-corrected chi connectivity index (χ2v) is 6.37. The minimum Gasteiger partial charge on any atom is -0.351 e. The van der Waals surface area contributed by atoms with Crippen molar-refractivity contribution in [2.24, 2.45) is 0 Å². The average Bonchev–Trinajstić information content (AvgIpc) is 3.21. The Labute approximate surface area is 122 Å². The Balaban J connectivity index is 1.68. The third-order valence-corrected chi connectivity index (χ3v) is 4.46. The topological polar surface area (TPSA) is 31.4 Å². The van der Waals surface area contributed by atoms with E-state index >= 15 is 0 Å². The lowest BCUT2D eigenvalue weighted by Gasteiger charge is -2.39. The van der Waals surface area contributed by atoms with Gasteiger partial charge in [-0.3, -0.25) is 0 Å². The fraction of sp³-hybridized carbons (Fsp3) is 0.688. The van der Waals surface area contributed by atoms with Crippen LogP contribution in [0, 0.1) is 6.92 Å². The molecule has 1 unspecified atom stereocenters. The monoisotopic (exact) mass is 274 g/mol. The Hall–Kier alpha value is -1.13. The van der Waals surface area contributed by atoms with Crippen molar-refractivity contribution in [3.05, 3.63) is 23.4 Å². The van der Waals surface area contributed by atoms with Crippen LogP contribution in [-0.4, -0.2) is 48.6 Å². The molecule has 1 aliphatic carbocycles. The first kappa shape index (κ1) is 13.8. The van der Waals surface area contributed by atoms with E-state index in [0.29, 0.717) is 6.04 Å². The quantitative estimate of drug-likeness (QED) is 0.907. The van der Waals surface area contributed by atoms with E-state index in [2.05, 4.69) is 48.1 Å². The highest BCUT2D eigenvalue weighted by atomic mass is 15.3. The van der Waals surface area contributed by atoms with Gasteiger partial charge in [0.2, 0.25) is 0 Å². The zero-order valence-electron chi connectivity index (χ0n) is 12.9. The van der Waals surface area contributed by atoms with E-state index in [1.807, 2.05) is 0 Å². The van der Waals surface area contributed by atoms with Gasteiger partial charge in [0.05, 0.1) is 0 Å². The molecule has 3 rings (SSSR count). The number of likely N-dealkylation sites (N-methyl/N-ethyl adjacent to an activating group) is 1. The molecule has 1 saturated carbocycles. The highest BCUT2D eigenvalue weighted by Crippen LogP contribution is 2.22. The summed E-state index contributed by atoms with van der Waals surface area (Å²) in [6.07, 6.45) is 2.67. The van der Waals surface area contributed by atoms with Crippen LogP contribution < -0.4 is 10.2 Å². The molecule has 2 fully saturated rings. The average molecular weight is 274 g/mol. The summed E-state index contributed by atoms with van der Waals surface area (Å²) in [6.45, 7) is 8.69. The molecule has 20 heavy (non-hydrogen) atoms. The van der Waals surface area contributed by atoms with Crippen molar-refractivity contribution in [2.45, 2.75) is 45.3 Å². The van der Waals surface area contributed by atoms with E-state index < -0.39 is 0 Å². The number of anilines is 1. The molecule has 1 N–H and O–H groups in total. The Morgan fingerprint density at radius 1 is 1.30 bits per heavy atom. The Morgan fingerprint density at radius 2 is 2.10 bits per heavy atom. The van der Waals surface area contributed by atoms with Gasteiger partial charge in [-0.1, -0.05) is 6.07 Å². The van der Waals surface area contributed by atoms with Crippen LogP contribution in [0.15, 0.2) is 12.1 Å². The van der Waals surface area contributed by atoms with Crippen molar-refractivity contribution in [1.82, 2.24) is 15.2 Å². The van der Waals surface area contributed by atoms with E-state index in [4.69, 9.17) is 4.98 Å². The van der Waals surface area contributed by atoms with Crippen LogP contribution in [0.3, 0.4) is 0 Å². The second-order valence-electron chi connectivity index (χ2n) is 6.37. The van der Waals surface area contributed by atoms with Gasteiger partial charge in [-0.15, -0.1) is 0 Å². The molecular weight excluding hydrogens is 248 g/mol. The maximum atomic E-state index is 4.84. The number of nitrogens with zero attached hydrogens (tertiary/aromatic N) is 3. The molecule has 1 atom stereocenters. The molecule has 1 aromatic rings. The summed E-state index contributed by atoms with van der Waals surface area (Å²) in [5.74, 6) is 1.14. The van der Waals surface area contributed by atoms with Crippen molar-refractivity contribution in [2.75, 3.05) is 31.6 Å². The molecule has 1 aliphatic heterocycles. The van der Waals surface area contributed by atoms with Crippen molar-refractivity contribution >= 4 is 5.82 Å². The van der Waals surface area contributed by atoms with Crippen LogP contribution in [0.4, 0.5) is 5.82 Å². The smallest absolute Gasteiger partial charge is 0.129 e. The van der Waals surface area contributed by atoms with Crippen LogP contribution in [0.5, 0.6) is 0 Å². The van der Waals surface area contributed by atoms with Crippen molar-refractivity contribution in [3.63, 3.8) is 0 Å². The molecule has 0 amide bonds. The van der Waals surface area contributed by atoms with Gasteiger partial charge < -0.3 is 15.1 Å². The molecule has 0 bridgehead atoms. The summed E-state index contributed by atoms with van der Waals surface area (Å²) in [7, 11) is 2.19. The molecule has 4 heteroatoms. The van der Waals surface area contributed by atoms with E-state index in [0.717, 1.165) is 38.0 Å².